The average Bonchev–Trinajstić information content (AvgIpc) is 3.62. The van der Waals surface area contributed by atoms with Crippen LogP contribution in [0.2, 0.25) is 0 Å². The molecular weight excluding hydrogens is 503 g/mol. The molecule has 0 saturated heterocycles. The lowest BCUT2D eigenvalue weighted by Gasteiger charge is -2.07. The van der Waals surface area contributed by atoms with Crippen LogP contribution >= 0.6 is 0 Å². The van der Waals surface area contributed by atoms with E-state index in [0.29, 0.717) is 28.2 Å². The zero-order valence-corrected chi connectivity index (χ0v) is 21.0. The number of nitrogens with one attached hydrogen (secondary N) is 3. The number of nitrogens with zero attached hydrogens (tertiary/aromatic N) is 3. The molecule has 3 N–H and O–H groups in total. The molecule has 0 fully saturated rings. The molecule has 0 aliphatic rings. The fraction of sp³-hybridized carbons (Fsp3) is 0. The minimum Gasteiger partial charge on any atom is -0.353 e. The van der Waals surface area contributed by atoms with Crippen LogP contribution in [0.25, 0.3) is 55.6 Å². The molecule has 7 nitrogen and oxygen atoms in total. The van der Waals surface area contributed by atoms with Crippen molar-refractivity contribution in [2.45, 2.75) is 0 Å². The Kier molecular flexibility index (Phi) is 5.63. The lowest BCUT2D eigenvalue weighted by Crippen LogP contribution is -2.11. The van der Waals surface area contributed by atoms with Crippen molar-refractivity contribution in [3.8, 4) is 33.6 Å². The van der Waals surface area contributed by atoms with Gasteiger partial charge in [-0.3, -0.25) is 14.9 Å². The number of carbonyl (C=O) groups is 1. The summed E-state index contributed by atoms with van der Waals surface area (Å²) in [6.07, 6.45) is 5.08. The molecular formula is C32H21FN6O. The molecule has 0 atom stereocenters. The van der Waals surface area contributed by atoms with E-state index in [9.17, 15) is 9.18 Å². The summed E-state index contributed by atoms with van der Waals surface area (Å²) < 4.78 is 14.6. The number of benzene rings is 3. The van der Waals surface area contributed by atoms with Gasteiger partial charge in [-0.15, -0.1) is 0 Å². The molecule has 0 aliphatic carbocycles. The van der Waals surface area contributed by atoms with E-state index >= 15 is 0 Å². The second-order valence-electron chi connectivity index (χ2n) is 9.40. The first-order valence-corrected chi connectivity index (χ1v) is 12.7. The van der Waals surface area contributed by atoms with E-state index in [4.69, 9.17) is 0 Å². The topological polar surface area (TPSA) is 99.3 Å². The highest BCUT2D eigenvalue weighted by atomic mass is 19.1. The third-order valence-electron chi connectivity index (χ3n) is 6.87. The van der Waals surface area contributed by atoms with Crippen molar-refractivity contribution >= 4 is 33.5 Å². The van der Waals surface area contributed by atoms with Crippen molar-refractivity contribution in [2.24, 2.45) is 0 Å². The normalized spacial score (nSPS) is 11.2. The molecule has 1 amide bonds. The van der Waals surface area contributed by atoms with Gasteiger partial charge in [0.15, 0.2) is 5.65 Å². The summed E-state index contributed by atoms with van der Waals surface area (Å²) in [5, 5.41) is 12.2. The highest BCUT2D eigenvalue weighted by Crippen LogP contribution is 2.35. The second kappa shape index (κ2) is 9.59. The summed E-state index contributed by atoms with van der Waals surface area (Å²) >= 11 is 0. The summed E-state index contributed by atoms with van der Waals surface area (Å²) in [6, 6.07) is 27.4. The van der Waals surface area contributed by atoms with Crippen molar-refractivity contribution < 1.29 is 9.18 Å². The van der Waals surface area contributed by atoms with Crippen LogP contribution in [0.5, 0.6) is 0 Å². The van der Waals surface area contributed by atoms with Crippen LogP contribution in [-0.4, -0.2) is 31.1 Å². The molecule has 4 heterocycles. The SMILES string of the molecule is O=C(Nc1cncc(-c2cnc3[nH]nc(-c4cc5c(-c6ccccc6F)cccc5[nH]4)c3c2)c1)c1ccccc1. The monoisotopic (exact) mass is 524 g/mol. The van der Waals surface area contributed by atoms with Gasteiger partial charge in [-0.05, 0) is 48.0 Å². The van der Waals surface area contributed by atoms with Gasteiger partial charge in [-0.25, -0.2) is 9.37 Å². The third kappa shape index (κ3) is 4.17. The average molecular weight is 525 g/mol. The lowest BCUT2D eigenvalue weighted by atomic mass is 10.0. The number of pyridine rings is 2. The molecule has 3 aromatic carbocycles. The molecule has 0 unspecified atom stereocenters. The number of hydrogen-bond acceptors (Lipinski definition) is 4. The molecule has 8 heteroatoms. The minimum absolute atomic E-state index is 0.209. The minimum atomic E-state index is -0.271. The molecule has 40 heavy (non-hydrogen) atoms. The van der Waals surface area contributed by atoms with Crippen LogP contribution < -0.4 is 5.32 Å². The van der Waals surface area contributed by atoms with Gasteiger partial charge in [0.05, 0.1) is 17.6 Å². The molecule has 7 rings (SSSR count). The van der Waals surface area contributed by atoms with Crippen molar-refractivity contribution in [2.75, 3.05) is 5.32 Å². The molecule has 0 spiro atoms. The van der Waals surface area contributed by atoms with E-state index in [1.165, 1.54) is 6.07 Å². The molecule has 0 saturated carbocycles. The van der Waals surface area contributed by atoms with Crippen LogP contribution in [0.15, 0.2) is 110 Å². The van der Waals surface area contributed by atoms with E-state index in [0.717, 1.165) is 38.7 Å². The summed E-state index contributed by atoms with van der Waals surface area (Å²) in [4.78, 5) is 25.0. The zero-order valence-electron chi connectivity index (χ0n) is 21.0. The van der Waals surface area contributed by atoms with E-state index in [2.05, 4.69) is 30.5 Å². The van der Waals surface area contributed by atoms with Gasteiger partial charge < -0.3 is 10.3 Å². The first kappa shape index (κ1) is 23.5. The molecule has 0 aliphatic heterocycles. The van der Waals surface area contributed by atoms with Crippen molar-refractivity contribution in [1.29, 1.82) is 0 Å². The van der Waals surface area contributed by atoms with Crippen LogP contribution in [0, 0.1) is 5.82 Å². The number of aromatic amines is 2. The third-order valence-corrected chi connectivity index (χ3v) is 6.87. The quantitative estimate of drug-likeness (QED) is 0.221. The van der Waals surface area contributed by atoms with E-state index in [-0.39, 0.29) is 11.7 Å². The lowest BCUT2D eigenvalue weighted by molar-refractivity contribution is 0.102. The number of amides is 1. The summed E-state index contributed by atoms with van der Waals surface area (Å²) in [5.74, 6) is -0.480. The Bertz CT molecular complexity index is 2030. The maximum atomic E-state index is 14.6. The highest BCUT2D eigenvalue weighted by molar-refractivity contribution is 6.04. The number of halogens is 1. The molecule has 0 radical (unpaired) electrons. The Balaban J connectivity index is 1.26. The molecule has 7 aromatic rings. The number of H-pyrrole nitrogens is 2. The first-order valence-electron chi connectivity index (χ1n) is 12.7. The highest BCUT2D eigenvalue weighted by Gasteiger charge is 2.16. The van der Waals surface area contributed by atoms with Crippen molar-refractivity contribution in [3.63, 3.8) is 0 Å². The number of aromatic nitrogens is 5. The van der Waals surface area contributed by atoms with Gasteiger partial charge in [0, 0.05) is 50.9 Å². The number of anilines is 1. The maximum absolute atomic E-state index is 14.6. The van der Waals surface area contributed by atoms with Crippen LogP contribution in [-0.2, 0) is 0 Å². The number of fused-ring (bicyclic) bond motifs is 2. The first-order chi connectivity index (χ1) is 19.6. The number of rotatable bonds is 5. The zero-order chi connectivity index (χ0) is 27.1. The molecule has 192 valence electrons. The predicted octanol–water partition coefficient (Wildman–Crippen LogP) is 7.23. The Hall–Kier alpha value is -5.63. The van der Waals surface area contributed by atoms with Crippen LogP contribution in [0.3, 0.4) is 0 Å². The van der Waals surface area contributed by atoms with Gasteiger partial charge in [-0.1, -0.05) is 48.5 Å². The summed E-state index contributed by atoms with van der Waals surface area (Å²) in [6.45, 7) is 0. The molecule has 4 aromatic heterocycles. The summed E-state index contributed by atoms with van der Waals surface area (Å²) in [7, 11) is 0. The van der Waals surface area contributed by atoms with Gasteiger partial charge in [0.2, 0.25) is 0 Å². The Morgan fingerprint density at radius 3 is 2.45 bits per heavy atom. The number of hydrogen-bond donors (Lipinski definition) is 3. The van der Waals surface area contributed by atoms with Crippen molar-refractivity contribution in [3.05, 3.63) is 121 Å². The fourth-order valence-corrected chi connectivity index (χ4v) is 4.92. The van der Waals surface area contributed by atoms with Gasteiger partial charge in [0.1, 0.15) is 11.5 Å². The van der Waals surface area contributed by atoms with E-state index < -0.39 is 0 Å². The smallest absolute Gasteiger partial charge is 0.255 e. The van der Waals surface area contributed by atoms with E-state index in [1.54, 1.807) is 42.9 Å². The predicted molar refractivity (Wildman–Crippen MR) is 154 cm³/mol. The Morgan fingerprint density at radius 2 is 1.57 bits per heavy atom. The standard InChI is InChI=1S/C32H21FN6O/c33-27-11-5-4-9-24(27)23-10-6-12-28-25(23)15-29(37-28)30-26-14-21(17-35-31(26)39-38-30)20-13-22(18-34-16-20)36-32(40)19-7-2-1-3-8-19/h1-18,37H,(H,36,40)(H,35,38,39). The van der Waals surface area contributed by atoms with Gasteiger partial charge in [0.25, 0.3) is 5.91 Å². The second-order valence-corrected chi connectivity index (χ2v) is 9.40. The largest absolute Gasteiger partial charge is 0.353 e. The Labute approximate surface area is 227 Å². The Morgan fingerprint density at radius 1 is 0.775 bits per heavy atom. The van der Waals surface area contributed by atoms with Crippen LogP contribution in [0.4, 0.5) is 10.1 Å². The molecule has 0 bridgehead atoms. The van der Waals surface area contributed by atoms with E-state index in [1.807, 2.05) is 60.7 Å². The van der Waals surface area contributed by atoms with Crippen LogP contribution in [0.1, 0.15) is 10.4 Å². The van der Waals surface area contributed by atoms with Crippen molar-refractivity contribution in [1.82, 2.24) is 25.1 Å². The maximum Gasteiger partial charge on any atom is 0.255 e. The van der Waals surface area contributed by atoms with Gasteiger partial charge in [-0.2, -0.15) is 5.10 Å². The summed E-state index contributed by atoms with van der Waals surface area (Å²) in [5.41, 5.74) is 7.10. The fourth-order valence-electron chi connectivity index (χ4n) is 4.92. The number of carbonyl (C=O) groups excluding carboxylic acids is 1. The van der Waals surface area contributed by atoms with Gasteiger partial charge >= 0.3 is 0 Å².